The molecule has 0 amide bonds. The summed E-state index contributed by atoms with van der Waals surface area (Å²) < 4.78 is 47.2. The minimum absolute atomic E-state index is 0.159. The van der Waals surface area contributed by atoms with Crippen LogP contribution >= 0.6 is 11.3 Å². The molecule has 172 valence electrons. The number of alkyl halides is 3. The number of hydrogen-bond donors (Lipinski definition) is 2. The fourth-order valence-corrected chi connectivity index (χ4v) is 3.96. The number of halogens is 3. The van der Waals surface area contributed by atoms with E-state index >= 15 is 0 Å². The molecule has 2 aromatic heterocycles. The van der Waals surface area contributed by atoms with E-state index in [1.807, 2.05) is 0 Å². The van der Waals surface area contributed by atoms with Crippen LogP contribution < -0.4 is 14.8 Å². The smallest absolute Gasteiger partial charge is 0.420 e. The first-order chi connectivity index (χ1) is 15.4. The van der Waals surface area contributed by atoms with Gasteiger partial charge in [0.15, 0.2) is 5.13 Å². The number of unbranched alkanes of at least 4 members (excludes halogenated alkanes) is 5. The number of pyridine rings is 1. The first-order valence-corrected chi connectivity index (χ1v) is 11.5. The molecule has 32 heavy (non-hydrogen) atoms. The number of rotatable bonds is 11. The van der Waals surface area contributed by atoms with Gasteiger partial charge in [-0.05, 0) is 30.7 Å². The van der Waals surface area contributed by atoms with Crippen LogP contribution in [0.5, 0.6) is 5.75 Å². The van der Waals surface area contributed by atoms with Crippen molar-refractivity contribution in [2.24, 2.45) is 0 Å². The van der Waals surface area contributed by atoms with Crippen LogP contribution in [0, 0.1) is 0 Å². The molecular weight excluding hydrogens is 439 g/mol. The van der Waals surface area contributed by atoms with E-state index in [1.165, 1.54) is 36.2 Å². The highest BCUT2D eigenvalue weighted by Gasteiger charge is 2.34. The molecule has 1 aromatic carbocycles. The maximum atomic E-state index is 13.6. The Kier molecular flexibility index (Phi) is 8.33. The van der Waals surface area contributed by atoms with Crippen molar-refractivity contribution in [1.29, 1.82) is 0 Å². The number of nitrogens with one attached hydrogen (secondary N) is 1. The van der Waals surface area contributed by atoms with Gasteiger partial charge in [0.2, 0.25) is 12.4 Å². The van der Waals surface area contributed by atoms with Crippen molar-refractivity contribution in [1.82, 2.24) is 4.98 Å². The van der Waals surface area contributed by atoms with Gasteiger partial charge in [0.25, 0.3) is 0 Å². The zero-order valence-electron chi connectivity index (χ0n) is 17.9. The van der Waals surface area contributed by atoms with Crippen LogP contribution in [-0.4, -0.2) is 16.8 Å². The SMILES string of the molecule is CCCCCCCCOc1ccc(Nc2nc(-c3ccc[n+](O)c3)cs2)cc1C(F)(F)F. The van der Waals surface area contributed by atoms with Gasteiger partial charge in [0, 0.05) is 21.9 Å². The third kappa shape index (κ3) is 6.85. The van der Waals surface area contributed by atoms with E-state index in [0.717, 1.165) is 42.9 Å². The summed E-state index contributed by atoms with van der Waals surface area (Å²) in [7, 11) is 0. The molecule has 0 saturated heterocycles. The Morgan fingerprint density at radius 2 is 1.91 bits per heavy atom. The van der Waals surface area contributed by atoms with E-state index in [-0.39, 0.29) is 18.0 Å². The molecule has 0 aliphatic carbocycles. The van der Waals surface area contributed by atoms with Gasteiger partial charge in [-0.1, -0.05) is 39.0 Å². The Bertz CT molecular complexity index is 1010. The van der Waals surface area contributed by atoms with Crippen LogP contribution in [0.25, 0.3) is 11.3 Å². The van der Waals surface area contributed by atoms with E-state index in [9.17, 15) is 18.4 Å². The maximum absolute atomic E-state index is 13.6. The predicted octanol–water partition coefficient (Wildman–Crippen LogP) is 6.84. The molecule has 2 heterocycles. The van der Waals surface area contributed by atoms with E-state index < -0.39 is 11.7 Å². The van der Waals surface area contributed by atoms with Crippen molar-refractivity contribution in [3.63, 3.8) is 0 Å². The van der Waals surface area contributed by atoms with Crippen molar-refractivity contribution in [3.8, 4) is 17.0 Å². The summed E-state index contributed by atoms with van der Waals surface area (Å²) in [4.78, 5) is 4.39. The fraction of sp³-hybridized carbons (Fsp3) is 0.391. The molecule has 0 spiro atoms. The van der Waals surface area contributed by atoms with Crippen LogP contribution in [0.15, 0.2) is 48.1 Å². The molecule has 0 radical (unpaired) electrons. The van der Waals surface area contributed by atoms with E-state index in [1.54, 1.807) is 23.6 Å². The quantitative estimate of drug-likeness (QED) is 0.185. The molecule has 0 fully saturated rings. The Morgan fingerprint density at radius 3 is 2.66 bits per heavy atom. The summed E-state index contributed by atoms with van der Waals surface area (Å²) in [5.41, 5.74) is 0.759. The molecular formula is C23H27F3N3O2S+. The summed E-state index contributed by atoms with van der Waals surface area (Å²) in [6.07, 6.45) is 4.68. The fourth-order valence-electron chi connectivity index (χ4n) is 3.22. The number of anilines is 2. The summed E-state index contributed by atoms with van der Waals surface area (Å²) in [6, 6.07) is 7.39. The summed E-state index contributed by atoms with van der Waals surface area (Å²) in [6.45, 7) is 2.40. The first kappa shape index (κ1) is 23.8. The van der Waals surface area contributed by atoms with Crippen LogP contribution in [-0.2, 0) is 6.18 Å². The van der Waals surface area contributed by atoms with Gasteiger partial charge in [0.1, 0.15) is 5.75 Å². The van der Waals surface area contributed by atoms with Gasteiger partial charge in [-0.2, -0.15) is 13.2 Å². The Hall–Kier alpha value is -2.81. The summed E-state index contributed by atoms with van der Waals surface area (Å²) >= 11 is 1.26. The molecule has 3 rings (SSSR count). The molecule has 5 nitrogen and oxygen atoms in total. The molecule has 0 saturated carbocycles. The third-order valence-corrected chi connectivity index (χ3v) is 5.64. The Morgan fingerprint density at radius 1 is 1.12 bits per heavy atom. The highest BCUT2D eigenvalue weighted by molar-refractivity contribution is 7.14. The molecule has 2 N–H and O–H groups in total. The molecule has 0 atom stereocenters. The second kappa shape index (κ2) is 11.2. The van der Waals surface area contributed by atoms with E-state index in [2.05, 4.69) is 17.2 Å². The Balaban J connectivity index is 1.65. The second-order valence-corrected chi connectivity index (χ2v) is 8.32. The molecule has 9 heteroatoms. The van der Waals surface area contributed by atoms with Crippen LogP contribution in [0.1, 0.15) is 51.0 Å². The third-order valence-electron chi connectivity index (χ3n) is 4.88. The Labute approximate surface area is 189 Å². The van der Waals surface area contributed by atoms with Gasteiger partial charge in [-0.3, -0.25) is 5.21 Å². The topological polar surface area (TPSA) is 58.3 Å². The van der Waals surface area contributed by atoms with Crippen LogP contribution in [0.2, 0.25) is 0 Å². The highest BCUT2D eigenvalue weighted by atomic mass is 32.1. The lowest BCUT2D eigenvalue weighted by molar-refractivity contribution is -0.904. The average Bonchev–Trinajstić information content (AvgIpc) is 3.22. The molecule has 3 aromatic rings. The number of hydrogen-bond acceptors (Lipinski definition) is 5. The summed E-state index contributed by atoms with van der Waals surface area (Å²) in [5, 5.41) is 14.7. The zero-order chi connectivity index (χ0) is 23.0. The lowest BCUT2D eigenvalue weighted by atomic mass is 10.1. The maximum Gasteiger partial charge on any atom is 0.420 e. The van der Waals surface area contributed by atoms with Crippen molar-refractivity contribution < 1.29 is 27.8 Å². The van der Waals surface area contributed by atoms with E-state index in [4.69, 9.17) is 4.74 Å². The lowest BCUT2D eigenvalue weighted by Gasteiger charge is -2.15. The average molecular weight is 467 g/mol. The van der Waals surface area contributed by atoms with Crippen molar-refractivity contribution in [3.05, 3.63) is 53.7 Å². The van der Waals surface area contributed by atoms with Gasteiger partial charge in [-0.25, -0.2) is 4.98 Å². The monoisotopic (exact) mass is 466 g/mol. The highest BCUT2D eigenvalue weighted by Crippen LogP contribution is 2.39. The minimum Gasteiger partial charge on any atom is -0.493 e. The standard InChI is InChI=1S/C23H27F3N3O2S/c1-2-3-4-5-6-7-13-31-21-11-10-18(14-19(21)23(24,25)26)27-22-28-20(16-32-22)17-9-8-12-29(30)15-17/h8-12,14-16,30H,2-7,13H2,1H3,(H,27,28)/q+1. The van der Waals surface area contributed by atoms with Crippen molar-refractivity contribution in [2.75, 3.05) is 11.9 Å². The molecule has 0 unspecified atom stereocenters. The predicted molar refractivity (Wildman–Crippen MR) is 119 cm³/mol. The second-order valence-electron chi connectivity index (χ2n) is 7.46. The number of nitrogens with zero attached hydrogens (tertiary/aromatic N) is 2. The van der Waals surface area contributed by atoms with Gasteiger partial charge < -0.3 is 10.1 Å². The molecule has 0 aliphatic rings. The number of thiazole rings is 1. The summed E-state index contributed by atoms with van der Waals surface area (Å²) in [5.74, 6) is -0.159. The van der Waals surface area contributed by atoms with E-state index in [0.29, 0.717) is 16.4 Å². The first-order valence-electron chi connectivity index (χ1n) is 10.6. The van der Waals surface area contributed by atoms with Crippen LogP contribution in [0.3, 0.4) is 0 Å². The molecule has 0 aliphatic heterocycles. The number of benzene rings is 1. The normalized spacial score (nSPS) is 11.5. The largest absolute Gasteiger partial charge is 0.493 e. The zero-order valence-corrected chi connectivity index (χ0v) is 18.7. The lowest BCUT2D eigenvalue weighted by Crippen LogP contribution is -2.28. The van der Waals surface area contributed by atoms with Crippen molar-refractivity contribution in [2.45, 2.75) is 51.6 Å². The van der Waals surface area contributed by atoms with Gasteiger partial charge in [0.05, 0.1) is 23.4 Å². The minimum atomic E-state index is -4.53. The molecule has 0 bridgehead atoms. The number of aromatic nitrogens is 2. The number of ether oxygens (including phenoxy) is 1. The van der Waals surface area contributed by atoms with Crippen molar-refractivity contribution >= 4 is 22.2 Å². The van der Waals surface area contributed by atoms with Gasteiger partial charge >= 0.3 is 6.18 Å². The van der Waals surface area contributed by atoms with Crippen LogP contribution in [0.4, 0.5) is 24.0 Å². The van der Waals surface area contributed by atoms with Gasteiger partial charge in [-0.15, -0.1) is 11.3 Å².